The van der Waals surface area contributed by atoms with E-state index in [1.807, 2.05) is 42.5 Å². The van der Waals surface area contributed by atoms with E-state index in [4.69, 9.17) is 5.73 Å². The number of hydrogen-bond acceptors (Lipinski definition) is 4. The monoisotopic (exact) mass is 390 g/mol. The van der Waals surface area contributed by atoms with Gasteiger partial charge in [-0.1, -0.05) is 18.2 Å². The zero-order valence-electron chi connectivity index (χ0n) is 13.9. The molecule has 2 heterocycles. The van der Waals surface area contributed by atoms with Gasteiger partial charge in [0.05, 0.1) is 16.9 Å². The molecule has 4 rings (SSSR count). The number of pyridine rings is 1. The highest BCUT2D eigenvalue weighted by molar-refractivity contribution is 6.07. The van der Waals surface area contributed by atoms with Crippen molar-refractivity contribution < 1.29 is 4.79 Å². The van der Waals surface area contributed by atoms with Gasteiger partial charge in [-0.2, -0.15) is 0 Å². The van der Waals surface area contributed by atoms with Gasteiger partial charge >= 0.3 is 0 Å². The van der Waals surface area contributed by atoms with Crippen LogP contribution in [0, 0.1) is 0 Å². The second-order valence-electron chi connectivity index (χ2n) is 6.05. The molecule has 0 amide bonds. The number of nitrogens with two attached hydrogens (primary N) is 1. The Labute approximate surface area is 164 Å². The molecule has 0 radical (unpaired) electrons. The van der Waals surface area contributed by atoms with Crippen molar-refractivity contribution in [1.82, 2.24) is 9.97 Å². The highest BCUT2D eigenvalue weighted by atomic mass is 35.5. The number of nitrogens with one attached hydrogen (secondary N) is 2. The third-order valence-corrected chi connectivity index (χ3v) is 4.28. The predicted molar refractivity (Wildman–Crippen MR) is 109 cm³/mol. The van der Waals surface area contributed by atoms with E-state index >= 15 is 0 Å². The van der Waals surface area contributed by atoms with Gasteiger partial charge in [-0.15, -0.1) is 24.8 Å². The number of halogens is 2. The first-order valence-corrected chi connectivity index (χ1v) is 7.98. The summed E-state index contributed by atoms with van der Waals surface area (Å²) in [6.07, 6.45) is 4.55. The van der Waals surface area contributed by atoms with Gasteiger partial charge < -0.3 is 16.0 Å². The molecule has 1 atom stereocenters. The van der Waals surface area contributed by atoms with Crippen LogP contribution in [-0.2, 0) is 6.42 Å². The number of ketones is 1. The third-order valence-electron chi connectivity index (χ3n) is 4.28. The van der Waals surface area contributed by atoms with Gasteiger partial charge in [0.25, 0.3) is 0 Å². The number of aromatic nitrogens is 2. The van der Waals surface area contributed by atoms with Crippen molar-refractivity contribution in [3.63, 3.8) is 0 Å². The van der Waals surface area contributed by atoms with Crippen LogP contribution in [0.1, 0.15) is 22.5 Å². The number of rotatable bonds is 3. The number of carbonyl (C=O) groups excluding carboxylic acids is 1. The van der Waals surface area contributed by atoms with Crippen LogP contribution >= 0.6 is 24.8 Å². The Hall–Kier alpha value is -2.34. The number of nitrogens with zero attached hydrogens (tertiary/aromatic N) is 1. The summed E-state index contributed by atoms with van der Waals surface area (Å²) in [6, 6.07) is 13.6. The Kier molecular flexibility index (Phi) is 6.42. The lowest BCUT2D eigenvalue weighted by atomic mass is 9.91. The molecule has 0 aliphatic heterocycles. The predicted octanol–water partition coefficient (Wildman–Crippen LogP) is 4.12. The highest BCUT2D eigenvalue weighted by Gasteiger charge is 2.30. The van der Waals surface area contributed by atoms with Crippen molar-refractivity contribution in [2.75, 3.05) is 5.32 Å². The number of hydrogen-bond donors (Lipinski definition) is 3. The van der Waals surface area contributed by atoms with Crippen molar-refractivity contribution in [2.24, 2.45) is 5.73 Å². The molecule has 1 unspecified atom stereocenters. The minimum atomic E-state index is -0.126. The number of fused-ring (bicyclic) bond motifs is 1. The lowest BCUT2D eigenvalue weighted by Gasteiger charge is -2.18. The molecule has 0 saturated carbocycles. The van der Waals surface area contributed by atoms with Crippen molar-refractivity contribution in [3.8, 4) is 11.3 Å². The van der Waals surface area contributed by atoms with Crippen molar-refractivity contribution >= 4 is 42.0 Å². The highest BCUT2D eigenvalue weighted by Crippen LogP contribution is 2.38. The molecule has 0 spiro atoms. The maximum absolute atomic E-state index is 12.6. The Morgan fingerprint density at radius 3 is 2.42 bits per heavy atom. The van der Waals surface area contributed by atoms with Gasteiger partial charge in [-0.3, -0.25) is 9.78 Å². The van der Waals surface area contributed by atoms with E-state index in [-0.39, 0.29) is 36.6 Å². The molecule has 26 heavy (non-hydrogen) atoms. The van der Waals surface area contributed by atoms with Crippen LogP contribution in [0.5, 0.6) is 0 Å². The Morgan fingerprint density at radius 2 is 1.73 bits per heavy atom. The van der Waals surface area contributed by atoms with Crippen LogP contribution in [-0.4, -0.2) is 21.8 Å². The Bertz CT molecular complexity index is 881. The fraction of sp³-hybridized carbons (Fsp3) is 0.158. The maximum atomic E-state index is 12.6. The fourth-order valence-corrected chi connectivity index (χ4v) is 3.21. The SMILES string of the molecule is Cl.Cl.NC1CC(=O)c2c([nH]c(-c3ccncc3)c2Nc2ccccc2)C1. The quantitative estimate of drug-likeness (QED) is 0.627. The van der Waals surface area contributed by atoms with Gasteiger partial charge in [0.15, 0.2) is 5.78 Å². The number of carbonyl (C=O) groups is 1. The summed E-state index contributed by atoms with van der Waals surface area (Å²) in [5, 5.41) is 3.41. The van der Waals surface area contributed by atoms with E-state index in [0.29, 0.717) is 12.8 Å². The molecule has 1 aliphatic rings. The summed E-state index contributed by atoms with van der Waals surface area (Å²) in [5.74, 6) is 0.0822. The molecule has 0 fully saturated rings. The Morgan fingerprint density at radius 1 is 1.04 bits per heavy atom. The number of anilines is 2. The summed E-state index contributed by atoms with van der Waals surface area (Å²) in [7, 11) is 0. The van der Waals surface area contributed by atoms with Crippen LogP contribution in [0.2, 0.25) is 0 Å². The lowest BCUT2D eigenvalue weighted by molar-refractivity contribution is 0.0966. The average Bonchev–Trinajstić information content (AvgIpc) is 2.95. The van der Waals surface area contributed by atoms with Crippen LogP contribution in [0.3, 0.4) is 0 Å². The second-order valence-corrected chi connectivity index (χ2v) is 6.05. The molecule has 5 nitrogen and oxygen atoms in total. The first-order valence-electron chi connectivity index (χ1n) is 7.98. The number of aromatic amines is 1. The number of para-hydroxylation sites is 1. The Balaban J connectivity index is 0.00000121. The van der Waals surface area contributed by atoms with E-state index in [1.165, 1.54) is 0 Å². The molecule has 0 saturated heterocycles. The van der Waals surface area contributed by atoms with Gasteiger partial charge in [-0.25, -0.2) is 0 Å². The average molecular weight is 391 g/mol. The normalized spacial score (nSPS) is 15.4. The number of benzene rings is 1. The lowest BCUT2D eigenvalue weighted by Crippen LogP contribution is -2.31. The molecule has 0 bridgehead atoms. The van der Waals surface area contributed by atoms with Crippen molar-refractivity contribution in [3.05, 3.63) is 66.1 Å². The third kappa shape index (κ3) is 3.75. The van der Waals surface area contributed by atoms with Gasteiger partial charge in [0.2, 0.25) is 0 Å². The van der Waals surface area contributed by atoms with Gasteiger partial charge in [0.1, 0.15) is 0 Å². The molecular weight excluding hydrogens is 371 g/mol. The summed E-state index contributed by atoms with van der Waals surface area (Å²) < 4.78 is 0. The van der Waals surface area contributed by atoms with Crippen LogP contribution in [0.25, 0.3) is 11.3 Å². The largest absolute Gasteiger partial charge is 0.356 e. The maximum Gasteiger partial charge on any atom is 0.168 e. The molecule has 2 aromatic heterocycles. The zero-order valence-corrected chi connectivity index (χ0v) is 15.6. The van der Waals surface area contributed by atoms with E-state index in [0.717, 1.165) is 33.9 Å². The van der Waals surface area contributed by atoms with Crippen molar-refractivity contribution in [1.29, 1.82) is 0 Å². The summed E-state index contributed by atoms with van der Waals surface area (Å²) >= 11 is 0. The summed E-state index contributed by atoms with van der Waals surface area (Å²) in [5.41, 5.74) is 11.3. The minimum Gasteiger partial charge on any atom is -0.356 e. The van der Waals surface area contributed by atoms with Gasteiger partial charge in [0, 0.05) is 48.2 Å². The van der Waals surface area contributed by atoms with Gasteiger partial charge in [-0.05, 0) is 24.3 Å². The molecular formula is C19H20Cl2N4O. The molecule has 136 valence electrons. The molecule has 1 aromatic carbocycles. The molecule has 7 heteroatoms. The summed E-state index contributed by atoms with van der Waals surface area (Å²) in [6.45, 7) is 0. The number of H-pyrrole nitrogens is 1. The fourth-order valence-electron chi connectivity index (χ4n) is 3.21. The first kappa shape index (κ1) is 20.0. The smallest absolute Gasteiger partial charge is 0.168 e. The first-order chi connectivity index (χ1) is 11.7. The minimum absolute atomic E-state index is 0. The van der Waals surface area contributed by atoms with Crippen LogP contribution < -0.4 is 11.1 Å². The standard InChI is InChI=1S/C19H18N4O.2ClH/c20-13-10-15-17(16(24)11-13)19(22-14-4-2-1-3-5-14)18(23-15)12-6-8-21-9-7-12;;/h1-9,13,22-23H,10-11,20H2;2*1H. The van der Waals surface area contributed by atoms with E-state index in [1.54, 1.807) is 12.4 Å². The molecule has 3 aromatic rings. The van der Waals surface area contributed by atoms with Crippen LogP contribution in [0.15, 0.2) is 54.9 Å². The van der Waals surface area contributed by atoms with E-state index < -0.39 is 0 Å². The topological polar surface area (TPSA) is 83.8 Å². The zero-order chi connectivity index (χ0) is 16.5. The second kappa shape index (κ2) is 8.36. The number of Topliss-reactive ketones (excluding diaryl/α,β-unsaturated/α-hetero) is 1. The molecule has 1 aliphatic carbocycles. The van der Waals surface area contributed by atoms with Crippen molar-refractivity contribution in [2.45, 2.75) is 18.9 Å². The molecule has 4 N–H and O–H groups in total. The summed E-state index contributed by atoms with van der Waals surface area (Å²) in [4.78, 5) is 20.1. The van der Waals surface area contributed by atoms with E-state index in [9.17, 15) is 4.79 Å². The van der Waals surface area contributed by atoms with Crippen LogP contribution in [0.4, 0.5) is 11.4 Å². The van der Waals surface area contributed by atoms with E-state index in [2.05, 4.69) is 15.3 Å².